The van der Waals surface area contributed by atoms with Crippen LogP contribution in [0.4, 0.5) is 0 Å². The summed E-state index contributed by atoms with van der Waals surface area (Å²) in [6, 6.07) is 4.41. The Balaban J connectivity index is 1.43. The summed E-state index contributed by atoms with van der Waals surface area (Å²) in [5, 5.41) is 5.96. The Morgan fingerprint density at radius 3 is 2.68 bits per heavy atom. The summed E-state index contributed by atoms with van der Waals surface area (Å²) in [5.41, 5.74) is 1.34. The van der Waals surface area contributed by atoms with Crippen LogP contribution in [0.1, 0.15) is 50.3 Å². The van der Waals surface area contributed by atoms with Crippen molar-refractivity contribution in [1.82, 2.24) is 5.32 Å². The van der Waals surface area contributed by atoms with Gasteiger partial charge in [0.25, 0.3) is 0 Å². The summed E-state index contributed by atoms with van der Waals surface area (Å²) in [7, 11) is 0. The molecule has 0 spiro atoms. The van der Waals surface area contributed by atoms with E-state index in [-0.39, 0.29) is 0 Å². The zero-order chi connectivity index (χ0) is 12.9. The van der Waals surface area contributed by atoms with Gasteiger partial charge in [-0.1, -0.05) is 13.0 Å². The summed E-state index contributed by atoms with van der Waals surface area (Å²) < 4.78 is 0. The topological polar surface area (TPSA) is 12.0 Å². The zero-order valence-corrected chi connectivity index (χ0v) is 12.8. The van der Waals surface area contributed by atoms with E-state index in [1.54, 1.807) is 6.42 Å². The first-order valence-electron chi connectivity index (χ1n) is 7.88. The van der Waals surface area contributed by atoms with Gasteiger partial charge in [0, 0.05) is 18.0 Å². The Kier molecular flexibility index (Phi) is 2.82. The van der Waals surface area contributed by atoms with Crippen molar-refractivity contribution in [1.29, 1.82) is 0 Å². The fourth-order valence-electron chi connectivity index (χ4n) is 6.00. The van der Waals surface area contributed by atoms with Crippen molar-refractivity contribution in [2.75, 3.05) is 6.54 Å². The van der Waals surface area contributed by atoms with E-state index in [0.29, 0.717) is 10.8 Å². The SMILES string of the molecule is CC12CC3CC(C1)CC(CNCc1cccs1)(C3)C2. The molecule has 2 unspecified atom stereocenters. The highest BCUT2D eigenvalue weighted by Crippen LogP contribution is 2.64. The van der Waals surface area contributed by atoms with Crippen molar-refractivity contribution >= 4 is 11.3 Å². The molecule has 0 aliphatic heterocycles. The second-order valence-corrected chi connectivity index (χ2v) is 8.99. The van der Waals surface area contributed by atoms with Crippen LogP contribution in [-0.4, -0.2) is 6.54 Å². The van der Waals surface area contributed by atoms with Crippen LogP contribution in [0.25, 0.3) is 0 Å². The number of hydrogen-bond acceptors (Lipinski definition) is 2. The Hall–Kier alpha value is -0.340. The smallest absolute Gasteiger partial charge is 0.0299 e. The second kappa shape index (κ2) is 4.33. The monoisotopic (exact) mass is 275 g/mol. The predicted octanol–water partition coefficient (Wildman–Crippen LogP) is 4.44. The van der Waals surface area contributed by atoms with Crippen LogP contribution in [-0.2, 0) is 6.54 Å². The van der Waals surface area contributed by atoms with Gasteiger partial charge in [0.15, 0.2) is 0 Å². The van der Waals surface area contributed by atoms with Gasteiger partial charge in [-0.3, -0.25) is 0 Å². The molecule has 4 fully saturated rings. The third-order valence-corrected chi connectivity index (χ3v) is 6.73. The first-order chi connectivity index (χ1) is 9.15. The van der Waals surface area contributed by atoms with Crippen LogP contribution in [0.2, 0.25) is 0 Å². The Bertz CT molecular complexity index is 436. The predicted molar refractivity (Wildman–Crippen MR) is 81.2 cm³/mol. The molecule has 0 saturated heterocycles. The lowest BCUT2D eigenvalue weighted by molar-refractivity contribution is -0.0999. The van der Waals surface area contributed by atoms with Gasteiger partial charge < -0.3 is 5.32 Å². The summed E-state index contributed by atoms with van der Waals surface area (Å²) in [6.45, 7) is 4.90. The molecule has 2 heteroatoms. The van der Waals surface area contributed by atoms with Crippen LogP contribution in [0, 0.1) is 22.7 Å². The standard InChI is InChI=1S/C17H25NS/c1-16-6-13-5-14(7-16)9-17(8-13,11-16)12-18-10-15-3-2-4-19-15/h2-4,13-14,18H,5-12H2,1H3. The van der Waals surface area contributed by atoms with Gasteiger partial charge in [-0.2, -0.15) is 0 Å². The van der Waals surface area contributed by atoms with Crippen molar-refractivity contribution in [2.45, 2.75) is 52.0 Å². The maximum Gasteiger partial charge on any atom is 0.0299 e. The van der Waals surface area contributed by atoms with Crippen LogP contribution in [0.3, 0.4) is 0 Å². The van der Waals surface area contributed by atoms with Gasteiger partial charge >= 0.3 is 0 Å². The van der Waals surface area contributed by atoms with Gasteiger partial charge in [0.05, 0.1) is 0 Å². The number of rotatable bonds is 4. The summed E-state index contributed by atoms with van der Waals surface area (Å²) in [6.07, 6.45) is 9.10. The normalized spacial score (nSPS) is 43.8. The van der Waals surface area contributed by atoms with Gasteiger partial charge in [-0.15, -0.1) is 11.3 Å². The zero-order valence-electron chi connectivity index (χ0n) is 12.0. The van der Waals surface area contributed by atoms with Gasteiger partial charge in [0.2, 0.25) is 0 Å². The van der Waals surface area contributed by atoms with E-state index in [0.717, 1.165) is 18.4 Å². The molecule has 0 radical (unpaired) electrons. The highest BCUT2D eigenvalue weighted by Gasteiger charge is 2.55. The van der Waals surface area contributed by atoms with E-state index >= 15 is 0 Å². The average Bonchev–Trinajstić information content (AvgIpc) is 2.78. The van der Waals surface area contributed by atoms with Crippen molar-refractivity contribution < 1.29 is 0 Å². The van der Waals surface area contributed by atoms with E-state index < -0.39 is 0 Å². The minimum absolute atomic E-state index is 0.649. The molecule has 1 nitrogen and oxygen atoms in total. The van der Waals surface area contributed by atoms with Crippen molar-refractivity contribution in [2.24, 2.45) is 22.7 Å². The highest BCUT2D eigenvalue weighted by atomic mass is 32.1. The Morgan fingerprint density at radius 2 is 2.05 bits per heavy atom. The highest BCUT2D eigenvalue weighted by molar-refractivity contribution is 7.09. The molecule has 0 amide bonds. The molecule has 4 aliphatic carbocycles. The lowest BCUT2D eigenvalue weighted by atomic mass is 9.44. The number of thiophene rings is 1. The molecule has 2 atom stereocenters. The van der Waals surface area contributed by atoms with Crippen LogP contribution >= 0.6 is 11.3 Å². The molecule has 1 aromatic heterocycles. The van der Waals surface area contributed by atoms with Crippen molar-refractivity contribution in [3.8, 4) is 0 Å². The van der Waals surface area contributed by atoms with Crippen molar-refractivity contribution in [3.05, 3.63) is 22.4 Å². The molecule has 4 saturated carbocycles. The van der Waals surface area contributed by atoms with Gasteiger partial charge in [0.1, 0.15) is 0 Å². The quantitative estimate of drug-likeness (QED) is 0.856. The van der Waals surface area contributed by atoms with Crippen LogP contribution < -0.4 is 5.32 Å². The van der Waals surface area contributed by atoms with E-state index in [9.17, 15) is 0 Å². The molecule has 1 heterocycles. The fourth-order valence-corrected chi connectivity index (χ4v) is 6.67. The summed E-state index contributed by atoms with van der Waals surface area (Å²) in [5.74, 6) is 2.10. The maximum atomic E-state index is 3.77. The minimum Gasteiger partial charge on any atom is -0.311 e. The molecule has 1 N–H and O–H groups in total. The van der Waals surface area contributed by atoms with Crippen molar-refractivity contribution in [3.63, 3.8) is 0 Å². The minimum atomic E-state index is 0.649. The van der Waals surface area contributed by atoms with Gasteiger partial charge in [-0.25, -0.2) is 0 Å². The molecule has 104 valence electrons. The summed E-state index contributed by atoms with van der Waals surface area (Å²) >= 11 is 1.88. The molecular formula is C17H25NS. The third kappa shape index (κ3) is 2.27. The maximum absolute atomic E-state index is 3.77. The molecule has 4 aliphatic rings. The van der Waals surface area contributed by atoms with E-state index in [4.69, 9.17) is 0 Å². The largest absolute Gasteiger partial charge is 0.311 e. The molecule has 19 heavy (non-hydrogen) atoms. The molecule has 1 aromatic rings. The average molecular weight is 275 g/mol. The van der Waals surface area contributed by atoms with E-state index in [1.807, 2.05) is 11.3 Å². The molecule has 4 bridgehead atoms. The van der Waals surface area contributed by atoms with Crippen LogP contribution in [0.5, 0.6) is 0 Å². The first kappa shape index (κ1) is 12.4. The van der Waals surface area contributed by atoms with Crippen LogP contribution in [0.15, 0.2) is 17.5 Å². The number of hydrogen-bond donors (Lipinski definition) is 1. The molecule has 0 aromatic carbocycles. The number of nitrogens with one attached hydrogen (secondary N) is 1. The summed E-state index contributed by atoms with van der Waals surface area (Å²) in [4.78, 5) is 1.48. The molecular weight excluding hydrogens is 250 g/mol. The third-order valence-electron chi connectivity index (χ3n) is 5.85. The van der Waals surface area contributed by atoms with E-state index in [2.05, 4.69) is 29.8 Å². The van der Waals surface area contributed by atoms with E-state index in [1.165, 1.54) is 43.5 Å². The second-order valence-electron chi connectivity index (χ2n) is 7.95. The fraction of sp³-hybridized carbons (Fsp3) is 0.765. The lowest BCUT2D eigenvalue weighted by Crippen LogP contribution is -2.54. The van der Waals surface area contributed by atoms with Gasteiger partial charge in [-0.05, 0) is 72.6 Å². The molecule has 5 rings (SSSR count). The first-order valence-corrected chi connectivity index (χ1v) is 8.76. The Morgan fingerprint density at radius 1 is 1.26 bits per heavy atom. The Labute approximate surface area is 120 Å². The lowest BCUT2D eigenvalue weighted by Gasteiger charge is -2.61.